The van der Waals surface area contributed by atoms with E-state index in [9.17, 15) is 0 Å². The minimum Gasteiger partial charge on any atom is -0.310 e. The lowest BCUT2D eigenvalue weighted by molar-refractivity contribution is 1.18. The molecule has 0 amide bonds. The zero-order valence-corrected chi connectivity index (χ0v) is 35.7. The van der Waals surface area contributed by atoms with E-state index in [-0.39, 0.29) is 0 Å². The molecule has 0 aliphatic rings. The summed E-state index contributed by atoms with van der Waals surface area (Å²) in [4.78, 5) is 4.85. The fraction of sp³-hybridized carbons (Fsp3) is 0. The Bertz CT molecular complexity index is 3600. The van der Waals surface area contributed by atoms with Gasteiger partial charge in [-0.25, -0.2) is 0 Å². The Morgan fingerprint density at radius 2 is 0.708 bits per heavy atom. The van der Waals surface area contributed by atoms with E-state index in [1.165, 1.54) is 54.6 Å². The van der Waals surface area contributed by atoms with Gasteiger partial charge in [0, 0.05) is 50.0 Å². The maximum atomic E-state index is 2.47. The van der Waals surface area contributed by atoms with Gasteiger partial charge in [0.1, 0.15) is 0 Å². The smallest absolute Gasteiger partial charge is 0.0568 e. The van der Waals surface area contributed by atoms with Crippen LogP contribution in [0.5, 0.6) is 0 Å². The molecule has 65 heavy (non-hydrogen) atoms. The molecule has 0 saturated heterocycles. The molecule has 0 radical (unpaired) electrons. The molecular formula is C62H43N3. The third kappa shape index (κ3) is 6.70. The summed E-state index contributed by atoms with van der Waals surface area (Å²) in [7, 11) is 0. The van der Waals surface area contributed by atoms with Crippen LogP contribution in [0.3, 0.4) is 0 Å². The van der Waals surface area contributed by atoms with Gasteiger partial charge < -0.3 is 14.4 Å². The van der Waals surface area contributed by atoms with Crippen LogP contribution >= 0.6 is 0 Å². The van der Waals surface area contributed by atoms with Crippen molar-refractivity contribution in [3.8, 4) is 27.9 Å². The number of anilines is 6. The number of hydrogen-bond acceptors (Lipinski definition) is 2. The molecule has 0 atom stereocenters. The first-order valence-electron chi connectivity index (χ1n) is 22.3. The van der Waals surface area contributed by atoms with Crippen LogP contribution in [0.2, 0.25) is 0 Å². The van der Waals surface area contributed by atoms with Crippen LogP contribution in [0, 0.1) is 0 Å². The normalized spacial score (nSPS) is 11.4. The first-order valence-corrected chi connectivity index (χ1v) is 22.3. The molecule has 1 heterocycles. The summed E-state index contributed by atoms with van der Waals surface area (Å²) in [5, 5.41) is 7.20. The number of nitrogens with zero attached hydrogens (tertiary/aromatic N) is 3. The highest BCUT2D eigenvalue weighted by Gasteiger charge is 2.25. The summed E-state index contributed by atoms with van der Waals surface area (Å²) in [6, 6.07) is 94.4. The van der Waals surface area contributed by atoms with Gasteiger partial charge in [-0.3, -0.25) is 0 Å². The van der Waals surface area contributed by atoms with Gasteiger partial charge in [-0.1, -0.05) is 182 Å². The van der Waals surface area contributed by atoms with Gasteiger partial charge in [-0.15, -0.1) is 0 Å². The lowest BCUT2D eigenvalue weighted by atomic mass is 9.96. The van der Waals surface area contributed by atoms with Crippen LogP contribution < -0.4 is 9.80 Å². The predicted octanol–water partition coefficient (Wildman–Crippen LogP) is 17.4. The van der Waals surface area contributed by atoms with Crippen molar-refractivity contribution in [3.05, 3.63) is 261 Å². The number of benzene rings is 11. The van der Waals surface area contributed by atoms with Gasteiger partial charge >= 0.3 is 0 Å². The summed E-state index contributed by atoms with van der Waals surface area (Å²) in [6.07, 6.45) is 0. The quantitative estimate of drug-likeness (QED) is 0.144. The first-order chi connectivity index (χ1) is 32.3. The van der Waals surface area contributed by atoms with E-state index in [1.54, 1.807) is 0 Å². The van der Waals surface area contributed by atoms with Crippen molar-refractivity contribution < 1.29 is 0 Å². The molecule has 0 unspecified atom stereocenters. The highest BCUT2D eigenvalue weighted by molar-refractivity contribution is 6.32. The van der Waals surface area contributed by atoms with E-state index in [0.717, 1.165) is 50.8 Å². The largest absolute Gasteiger partial charge is 0.310 e. The lowest BCUT2D eigenvalue weighted by Gasteiger charge is -2.28. The van der Waals surface area contributed by atoms with E-state index < -0.39 is 0 Å². The van der Waals surface area contributed by atoms with Crippen LogP contribution in [0.15, 0.2) is 261 Å². The summed E-state index contributed by atoms with van der Waals surface area (Å²) in [5.74, 6) is 0. The Kier molecular flexibility index (Phi) is 9.50. The highest BCUT2D eigenvalue weighted by atomic mass is 15.2. The third-order valence-electron chi connectivity index (χ3n) is 12.7. The van der Waals surface area contributed by atoms with Crippen LogP contribution in [-0.4, -0.2) is 4.57 Å². The Labute approximate surface area is 378 Å². The van der Waals surface area contributed by atoms with Gasteiger partial charge in [0.15, 0.2) is 0 Å². The third-order valence-corrected chi connectivity index (χ3v) is 12.7. The van der Waals surface area contributed by atoms with E-state index >= 15 is 0 Å². The van der Waals surface area contributed by atoms with Crippen molar-refractivity contribution in [1.82, 2.24) is 4.57 Å². The number of para-hydroxylation sites is 3. The molecule has 0 aliphatic heterocycles. The van der Waals surface area contributed by atoms with E-state index in [0.29, 0.717) is 0 Å². The van der Waals surface area contributed by atoms with Crippen LogP contribution in [-0.2, 0) is 0 Å². The van der Waals surface area contributed by atoms with Crippen LogP contribution in [0.25, 0.3) is 71.3 Å². The first kappa shape index (κ1) is 38.0. The zero-order chi connectivity index (χ0) is 43.1. The van der Waals surface area contributed by atoms with E-state index in [4.69, 9.17) is 0 Å². The van der Waals surface area contributed by atoms with Crippen LogP contribution in [0.1, 0.15) is 0 Å². The highest BCUT2D eigenvalue weighted by Crippen LogP contribution is 2.50. The van der Waals surface area contributed by atoms with Crippen molar-refractivity contribution >= 4 is 77.5 Å². The van der Waals surface area contributed by atoms with Gasteiger partial charge in [-0.05, 0) is 112 Å². The van der Waals surface area contributed by atoms with Crippen molar-refractivity contribution in [2.75, 3.05) is 9.80 Å². The van der Waals surface area contributed by atoms with Gasteiger partial charge in [-0.2, -0.15) is 0 Å². The average molecular weight is 830 g/mol. The minimum atomic E-state index is 1.09. The summed E-state index contributed by atoms with van der Waals surface area (Å²) in [5.41, 5.74) is 14.8. The van der Waals surface area contributed by atoms with Crippen molar-refractivity contribution in [2.24, 2.45) is 0 Å². The standard InChI is InChI=1S/C62H43N3/c1-6-19-44(20-7-1)46-33-38-52(39-34-46)63(49-24-10-3-11-25-49)56-32-18-23-48-37-42-57-62(60(48)56)61-55-31-17-16-30-54(55)58(43-59(61)65(57)51-28-14-5-15-29-51)64(50-26-12-4-13-27-50)53-40-35-47(36-41-53)45-21-8-2-9-22-45/h1-43H. The molecule has 0 fully saturated rings. The van der Waals surface area contributed by atoms with E-state index in [2.05, 4.69) is 275 Å². The van der Waals surface area contributed by atoms with E-state index in [1.807, 2.05) is 0 Å². The Balaban J connectivity index is 1.16. The summed E-state index contributed by atoms with van der Waals surface area (Å²) >= 11 is 0. The topological polar surface area (TPSA) is 11.4 Å². The second-order valence-electron chi connectivity index (χ2n) is 16.5. The molecule has 3 nitrogen and oxygen atoms in total. The number of rotatable bonds is 9. The molecule has 306 valence electrons. The lowest BCUT2D eigenvalue weighted by Crippen LogP contribution is -2.11. The molecule has 0 spiro atoms. The van der Waals surface area contributed by atoms with Crippen molar-refractivity contribution in [1.29, 1.82) is 0 Å². The predicted molar refractivity (Wildman–Crippen MR) is 276 cm³/mol. The molecule has 11 aromatic carbocycles. The zero-order valence-electron chi connectivity index (χ0n) is 35.7. The molecule has 3 heteroatoms. The van der Waals surface area contributed by atoms with Crippen LogP contribution in [0.4, 0.5) is 34.1 Å². The van der Waals surface area contributed by atoms with Crippen molar-refractivity contribution in [3.63, 3.8) is 0 Å². The molecule has 1 aromatic heterocycles. The van der Waals surface area contributed by atoms with Gasteiger partial charge in [0.25, 0.3) is 0 Å². The summed E-state index contributed by atoms with van der Waals surface area (Å²) in [6.45, 7) is 0. The Morgan fingerprint density at radius 1 is 0.262 bits per heavy atom. The SMILES string of the molecule is c1ccc(-c2ccc(N(c3ccccc3)c3cc4c(c5ccccc35)c3c5c(N(c6ccccc6)c6ccc(-c7ccccc7)cc6)cccc5ccc3n4-c3ccccc3)cc2)cc1. The second kappa shape index (κ2) is 16.2. The number of hydrogen-bond donors (Lipinski definition) is 0. The Hall–Kier alpha value is -8.66. The van der Waals surface area contributed by atoms with Crippen molar-refractivity contribution in [2.45, 2.75) is 0 Å². The molecule has 12 rings (SSSR count). The maximum Gasteiger partial charge on any atom is 0.0568 e. The average Bonchev–Trinajstić information content (AvgIpc) is 3.73. The second-order valence-corrected chi connectivity index (χ2v) is 16.5. The Morgan fingerprint density at radius 3 is 1.26 bits per heavy atom. The minimum absolute atomic E-state index is 1.09. The molecule has 0 N–H and O–H groups in total. The molecule has 0 bridgehead atoms. The van der Waals surface area contributed by atoms with Gasteiger partial charge in [0.05, 0.1) is 22.4 Å². The molecule has 0 aliphatic carbocycles. The molecule has 0 saturated carbocycles. The summed E-state index contributed by atoms with van der Waals surface area (Å²) < 4.78 is 2.47. The fourth-order valence-corrected chi connectivity index (χ4v) is 9.80. The molecule has 12 aromatic rings. The monoisotopic (exact) mass is 829 g/mol. The maximum absolute atomic E-state index is 2.47. The molecular weight excluding hydrogens is 787 g/mol. The fourth-order valence-electron chi connectivity index (χ4n) is 9.80. The van der Waals surface area contributed by atoms with Gasteiger partial charge in [0.2, 0.25) is 0 Å². The number of aromatic nitrogens is 1. The number of fused-ring (bicyclic) bond motifs is 7.